The molecule has 3 heteroatoms. The van der Waals surface area contributed by atoms with E-state index in [9.17, 15) is 0 Å². The molecule has 0 bridgehead atoms. The highest BCUT2D eigenvalue weighted by molar-refractivity contribution is 7.99. The van der Waals surface area contributed by atoms with Crippen LogP contribution in [0.1, 0.15) is 31.4 Å². The summed E-state index contributed by atoms with van der Waals surface area (Å²) in [6.07, 6.45) is 7.27. The minimum Gasteiger partial charge on any atom is -0.231 e. The summed E-state index contributed by atoms with van der Waals surface area (Å²) in [6, 6.07) is 1.94. The third-order valence-electron chi connectivity index (χ3n) is 2.35. The van der Waals surface area contributed by atoms with E-state index in [2.05, 4.69) is 9.97 Å². The first-order valence-electron chi connectivity index (χ1n) is 4.81. The molecule has 70 valence electrons. The molecule has 1 heterocycles. The van der Waals surface area contributed by atoms with Crippen LogP contribution in [0.4, 0.5) is 0 Å². The molecular weight excluding hydrogens is 180 g/mol. The number of rotatable bonds is 2. The van der Waals surface area contributed by atoms with E-state index < -0.39 is 0 Å². The lowest BCUT2D eigenvalue weighted by molar-refractivity contribution is 0.876. The number of thioether (sulfide) groups is 1. The molecule has 1 aromatic heterocycles. The Labute approximate surface area is 83.2 Å². The van der Waals surface area contributed by atoms with Gasteiger partial charge in [0.2, 0.25) is 0 Å². The van der Waals surface area contributed by atoms with Gasteiger partial charge in [0, 0.05) is 17.1 Å². The molecule has 2 rings (SSSR count). The summed E-state index contributed by atoms with van der Waals surface area (Å²) in [4.78, 5) is 8.64. The van der Waals surface area contributed by atoms with Gasteiger partial charge in [0.1, 0.15) is 0 Å². The molecule has 0 amide bonds. The number of nitrogens with zero attached hydrogens (tertiary/aromatic N) is 2. The van der Waals surface area contributed by atoms with E-state index in [4.69, 9.17) is 0 Å². The van der Waals surface area contributed by atoms with Gasteiger partial charge in [-0.25, -0.2) is 9.97 Å². The Morgan fingerprint density at radius 2 is 2.15 bits per heavy atom. The topological polar surface area (TPSA) is 25.8 Å². The van der Waals surface area contributed by atoms with E-state index in [1.807, 2.05) is 30.9 Å². The second-order valence-electron chi connectivity index (χ2n) is 3.50. The Bertz CT molecular complexity index is 282. The second kappa shape index (κ2) is 4.09. The minimum absolute atomic E-state index is 0.766. The lowest BCUT2D eigenvalue weighted by Crippen LogP contribution is -1.97. The normalized spacial score (nSPS) is 17.9. The molecule has 0 radical (unpaired) electrons. The Hall–Kier alpha value is -0.570. The van der Waals surface area contributed by atoms with Gasteiger partial charge >= 0.3 is 0 Å². The van der Waals surface area contributed by atoms with E-state index in [1.165, 1.54) is 25.7 Å². The number of hydrogen-bond donors (Lipinski definition) is 0. The van der Waals surface area contributed by atoms with Crippen molar-refractivity contribution in [2.75, 3.05) is 0 Å². The van der Waals surface area contributed by atoms with Gasteiger partial charge < -0.3 is 0 Å². The summed E-state index contributed by atoms with van der Waals surface area (Å²) in [6.45, 7) is 2.01. The third kappa shape index (κ3) is 2.44. The number of hydrogen-bond acceptors (Lipinski definition) is 3. The lowest BCUT2D eigenvalue weighted by Gasteiger charge is -2.06. The number of aromatic nitrogens is 2. The molecule has 0 unspecified atom stereocenters. The van der Waals surface area contributed by atoms with Gasteiger partial charge in [-0.3, -0.25) is 0 Å². The van der Waals surface area contributed by atoms with Crippen LogP contribution in [-0.2, 0) is 0 Å². The zero-order chi connectivity index (χ0) is 9.10. The minimum atomic E-state index is 0.766. The fourth-order valence-electron chi connectivity index (χ4n) is 1.64. The zero-order valence-electron chi connectivity index (χ0n) is 7.86. The van der Waals surface area contributed by atoms with Gasteiger partial charge in [-0.05, 0) is 25.8 Å². The molecule has 0 N–H and O–H groups in total. The van der Waals surface area contributed by atoms with Crippen molar-refractivity contribution >= 4 is 11.8 Å². The highest BCUT2D eigenvalue weighted by Crippen LogP contribution is 2.32. The maximum atomic E-state index is 4.39. The summed E-state index contributed by atoms with van der Waals surface area (Å²) >= 11 is 1.84. The number of aryl methyl sites for hydroxylation is 1. The molecule has 0 aliphatic heterocycles. The van der Waals surface area contributed by atoms with E-state index in [0.29, 0.717) is 0 Å². The van der Waals surface area contributed by atoms with E-state index in [0.717, 1.165) is 16.1 Å². The van der Waals surface area contributed by atoms with Crippen molar-refractivity contribution in [3.63, 3.8) is 0 Å². The maximum absolute atomic E-state index is 4.39. The monoisotopic (exact) mass is 194 g/mol. The Kier molecular flexibility index (Phi) is 2.83. The van der Waals surface area contributed by atoms with Crippen molar-refractivity contribution in [2.45, 2.75) is 43.0 Å². The first-order valence-corrected chi connectivity index (χ1v) is 5.69. The molecule has 2 nitrogen and oxygen atoms in total. The van der Waals surface area contributed by atoms with Crippen LogP contribution in [0.5, 0.6) is 0 Å². The quantitative estimate of drug-likeness (QED) is 0.677. The van der Waals surface area contributed by atoms with Gasteiger partial charge in [0.25, 0.3) is 0 Å². The molecule has 0 saturated heterocycles. The highest BCUT2D eigenvalue weighted by Gasteiger charge is 2.17. The van der Waals surface area contributed by atoms with Crippen molar-refractivity contribution in [3.8, 4) is 0 Å². The SMILES string of the molecule is Cc1ccnc(SC2CCCC2)n1. The van der Waals surface area contributed by atoms with Crippen LogP contribution in [0, 0.1) is 6.92 Å². The van der Waals surface area contributed by atoms with Gasteiger partial charge in [-0.15, -0.1) is 0 Å². The fraction of sp³-hybridized carbons (Fsp3) is 0.600. The van der Waals surface area contributed by atoms with Gasteiger partial charge in [-0.2, -0.15) is 0 Å². The Balaban J connectivity index is 2.00. The Morgan fingerprint density at radius 3 is 2.85 bits per heavy atom. The van der Waals surface area contributed by atoms with Crippen LogP contribution in [0.15, 0.2) is 17.4 Å². The van der Waals surface area contributed by atoms with Crippen LogP contribution >= 0.6 is 11.8 Å². The summed E-state index contributed by atoms with van der Waals surface area (Å²) in [5, 5.41) is 1.72. The standard InChI is InChI=1S/C10H14N2S/c1-8-6-7-11-10(12-8)13-9-4-2-3-5-9/h6-7,9H,2-5H2,1H3. The van der Waals surface area contributed by atoms with Crippen molar-refractivity contribution in [1.82, 2.24) is 9.97 Å². The van der Waals surface area contributed by atoms with E-state index in [1.54, 1.807) is 0 Å². The summed E-state index contributed by atoms with van der Waals surface area (Å²) < 4.78 is 0. The highest BCUT2D eigenvalue weighted by atomic mass is 32.2. The predicted molar refractivity (Wildman–Crippen MR) is 54.9 cm³/mol. The molecule has 1 saturated carbocycles. The maximum Gasteiger partial charge on any atom is 0.187 e. The molecular formula is C10H14N2S. The largest absolute Gasteiger partial charge is 0.231 e. The van der Waals surface area contributed by atoms with Crippen molar-refractivity contribution in [1.29, 1.82) is 0 Å². The molecule has 1 fully saturated rings. The van der Waals surface area contributed by atoms with Crippen molar-refractivity contribution in [2.24, 2.45) is 0 Å². The first-order chi connectivity index (χ1) is 6.34. The van der Waals surface area contributed by atoms with Crippen LogP contribution < -0.4 is 0 Å². The van der Waals surface area contributed by atoms with Crippen molar-refractivity contribution < 1.29 is 0 Å². The molecule has 1 aliphatic rings. The zero-order valence-corrected chi connectivity index (χ0v) is 8.68. The fourth-order valence-corrected chi connectivity index (χ4v) is 2.82. The predicted octanol–water partition coefficient (Wildman–Crippen LogP) is 2.82. The Morgan fingerprint density at radius 1 is 1.38 bits per heavy atom. The summed E-state index contributed by atoms with van der Waals surface area (Å²) in [5.41, 5.74) is 1.07. The molecule has 13 heavy (non-hydrogen) atoms. The third-order valence-corrected chi connectivity index (χ3v) is 3.56. The van der Waals surface area contributed by atoms with E-state index in [-0.39, 0.29) is 0 Å². The van der Waals surface area contributed by atoms with E-state index >= 15 is 0 Å². The molecule has 1 aliphatic carbocycles. The molecule has 0 spiro atoms. The second-order valence-corrected chi connectivity index (χ2v) is 4.77. The summed E-state index contributed by atoms with van der Waals surface area (Å²) in [7, 11) is 0. The van der Waals surface area contributed by atoms with Gasteiger partial charge in [0.05, 0.1) is 0 Å². The average molecular weight is 194 g/mol. The van der Waals surface area contributed by atoms with Crippen molar-refractivity contribution in [3.05, 3.63) is 18.0 Å². The summed E-state index contributed by atoms with van der Waals surface area (Å²) in [5.74, 6) is 0. The van der Waals surface area contributed by atoms with Crippen LogP contribution in [0.2, 0.25) is 0 Å². The molecule has 0 atom stereocenters. The molecule has 1 aromatic rings. The lowest BCUT2D eigenvalue weighted by atomic mass is 10.4. The van der Waals surface area contributed by atoms with Crippen LogP contribution in [-0.4, -0.2) is 15.2 Å². The van der Waals surface area contributed by atoms with Gasteiger partial charge in [-0.1, -0.05) is 24.6 Å². The van der Waals surface area contributed by atoms with Crippen LogP contribution in [0.25, 0.3) is 0 Å². The van der Waals surface area contributed by atoms with Gasteiger partial charge in [0.15, 0.2) is 5.16 Å². The average Bonchev–Trinajstić information content (AvgIpc) is 2.57. The smallest absolute Gasteiger partial charge is 0.187 e. The molecule has 0 aromatic carbocycles. The first kappa shape index (κ1) is 9.00. The van der Waals surface area contributed by atoms with Crippen LogP contribution in [0.3, 0.4) is 0 Å².